The number of carboxylic acid groups (broad SMARTS) is 1. The highest BCUT2D eigenvalue weighted by atomic mass is 19.4. The lowest BCUT2D eigenvalue weighted by molar-refractivity contribution is -0.203. The maximum Gasteiger partial charge on any atom is 0.432 e. The molecule has 0 saturated carbocycles. The molecule has 0 aliphatic rings. The summed E-state index contributed by atoms with van der Waals surface area (Å²) < 4.78 is 52.2. The number of carboxylic acids is 1. The van der Waals surface area contributed by atoms with Crippen LogP contribution >= 0.6 is 0 Å². The van der Waals surface area contributed by atoms with Crippen molar-refractivity contribution >= 4 is 5.97 Å². The zero-order chi connectivity index (χ0) is 24.3. The monoisotopic (exact) mass is 468 g/mol. The van der Waals surface area contributed by atoms with E-state index in [0.29, 0.717) is 22.4 Å². The number of hydrogen-bond donors (Lipinski definition) is 1. The molecule has 4 aromatic rings. The molecule has 2 heterocycles. The molecule has 0 aliphatic carbocycles. The number of halogens is 3. The van der Waals surface area contributed by atoms with Crippen molar-refractivity contribution in [3.8, 4) is 28.5 Å². The minimum Gasteiger partial charge on any atom is -0.481 e. The summed E-state index contributed by atoms with van der Waals surface area (Å²) in [4.78, 5) is 19.1. The third kappa shape index (κ3) is 5.09. The van der Waals surface area contributed by atoms with Crippen molar-refractivity contribution in [3.63, 3.8) is 0 Å². The minimum atomic E-state index is -4.76. The zero-order valence-electron chi connectivity index (χ0n) is 17.9. The summed E-state index contributed by atoms with van der Waals surface area (Å²) in [5, 5.41) is 9.13. The van der Waals surface area contributed by atoms with Crippen LogP contribution in [0.1, 0.15) is 30.3 Å². The molecule has 0 amide bonds. The van der Waals surface area contributed by atoms with E-state index in [9.17, 15) is 18.0 Å². The molecular formula is C25H19F3N2O4. The van der Waals surface area contributed by atoms with Crippen molar-refractivity contribution in [3.05, 3.63) is 90.4 Å². The molecule has 2 aromatic carbocycles. The second-order valence-electron chi connectivity index (χ2n) is 7.53. The number of aliphatic carboxylic acids is 1. The Balaban J connectivity index is 1.59. The smallest absolute Gasteiger partial charge is 0.432 e. The molecule has 4 rings (SSSR count). The lowest BCUT2D eigenvalue weighted by atomic mass is 9.99. The van der Waals surface area contributed by atoms with Crippen LogP contribution < -0.4 is 4.74 Å². The van der Waals surface area contributed by atoms with Gasteiger partial charge in [-0.05, 0) is 24.6 Å². The number of hydrogen-bond acceptors (Lipinski definition) is 5. The predicted molar refractivity (Wildman–Crippen MR) is 117 cm³/mol. The molecule has 2 aromatic heterocycles. The Morgan fingerprint density at radius 1 is 0.971 bits per heavy atom. The van der Waals surface area contributed by atoms with Gasteiger partial charge in [-0.2, -0.15) is 13.2 Å². The molecule has 0 radical (unpaired) electrons. The number of rotatable bonds is 7. The highest BCUT2D eigenvalue weighted by molar-refractivity contribution is 5.76. The molecule has 0 bridgehead atoms. The lowest BCUT2D eigenvalue weighted by Gasteiger charge is -2.19. The Morgan fingerprint density at radius 3 is 2.32 bits per heavy atom. The highest BCUT2D eigenvalue weighted by Crippen LogP contribution is 2.39. The van der Waals surface area contributed by atoms with Crippen molar-refractivity contribution in [2.45, 2.75) is 25.1 Å². The van der Waals surface area contributed by atoms with Gasteiger partial charge >= 0.3 is 12.1 Å². The molecule has 9 heteroatoms. The minimum absolute atomic E-state index is 0.284. The zero-order valence-corrected chi connectivity index (χ0v) is 17.9. The van der Waals surface area contributed by atoms with E-state index in [1.807, 2.05) is 0 Å². The van der Waals surface area contributed by atoms with Gasteiger partial charge in [0, 0.05) is 17.2 Å². The van der Waals surface area contributed by atoms with Gasteiger partial charge in [0.15, 0.2) is 5.76 Å². The van der Waals surface area contributed by atoms with Crippen molar-refractivity contribution in [2.75, 3.05) is 0 Å². The second kappa shape index (κ2) is 9.38. The number of ether oxygens (including phenoxy) is 1. The van der Waals surface area contributed by atoms with Crippen LogP contribution in [0.2, 0.25) is 0 Å². The summed E-state index contributed by atoms with van der Waals surface area (Å²) in [6.07, 6.45) is -6.03. The molecule has 6 nitrogen and oxygen atoms in total. The van der Waals surface area contributed by atoms with Crippen LogP contribution in [-0.2, 0) is 4.79 Å². The van der Waals surface area contributed by atoms with Gasteiger partial charge in [-0.25, -0.2) is 9.97 Å². The maximum atomic E-state index is 13.8. The molecule has 34 heavy (non-hydrogen) atoms. The normalized spacial score (nSPS) is 13.3. The molecule has 174 valence electrons. The molecule has 0 spiro atoms. The van der Waals surface area contributed by atoms with E-state index in [0.717, 1.165) is 6.33 Å². The summed E-state index contributed by atoms with van der Waals surface area (Å²) in [7, 11) is 0. The Morgan fingerprint density at radius 2 is 1.68 bits per heavy atom. The first kappa shape index (κ1) is 23.0. The van der Waals surface area contributed by atoms with Crippen molar-refractivity contribution in [1.82, 2.24) is 9.97 Å². The second-order valence-corrected chi connectivity index (χ2v) is 7.53. The first-order valence-corrected chi connectivity index (χ1v) is 10.3. The number of carbonyl (C=O) groups is 1. The van der Waals surface area contributed by atoms with E-state index in [1.54, 1.807) is 61.5 Å². The van der Waals surface area contributed by atoms with E-state index in [-0.39, 0.29) is 11.6 Å². The third-order valence-electron chi connectivity index (χ3n) is 5.20. The van der Waals surface area contributed by atoms with Crippen LogP contribution in [0.3, 0.4) is 0 Å². The van der Waals surface area contributed by atoms with E-state index in [2.05, 4.69) is 9.97 Å². The topological polar surface area (TPSA) is 85.5 Å². The SMILES string of the molecule is CC(C(=O)O)c1ccc(-c2cc(OC(c3ccc(-c4ccccc4)o3)C(F)(F)F)ncn2)cc1. The van der Waals surface area contributed by atoms with E-state index in [1.165, 1.54) is 18.2 Å². The molecule has 0 aliphatic heterocycles. The number of alkyl halides is 3. The Bertz CT molecular complexity index is 1270. The Kier molecular flexibility index (Phi) is 6.36. The summed E-state index contributed by atoms with van der Waals surface area (Å²) >= 11 is 0. The molecular weight excluding hydrogens is 449 g/mol. The van der Waals surface area contributed by atoms with Crippen LogP contribution in [0.25, 0.3) is 22.6 Å². The van der Waals surface area contributed by atoms with Crippen LogP contribution in [0.5, 0.6) is 5.88 Å². The molecule has 2 atom stereocenters. The van der Waals surface area contributed by atoms with Gasteiger partial charge in [0.05, 0.1) is 11.6 Å². The van der Waals surface area contributed by atoms with E-state index < -0.39 is 29.9 Å². The lowest BCUT2D eigenvalue weighted by Crippen LogP contribution is -2.26. The molecule has 1 N–H and O–H groups in total. The molecule has 0 fully saturated rings. The van der Waals surface area contributed by atoms with Crippen LogP contribution in [-0.4, -0.2) is 27.2 Å². The van der Waals surface area contributed by atoms with Crippen molar-refractivity contribution in [1.29, 1.82) is 0 Å². The standard InChI is InChI=1S/C25H19F3N2O4/c1-15(24(31)32)16-7-9-17(10-8-16)19-13-22(30-14-29-19)34-23(25(26,27)28)21-12-11-20(33-21)18-5-3-2-4-6-18/h2-15,23H,1H3,(H,31,32). The Hall–Kier alpha value is -4.14. The summed E-state index contributed by atoms with van der Waals surface area (Å²) in [6.45, 7) is 1.56. The fourth-order valence-corrected chi connectivity index (χ4v) is 3.31. The average Bonchev–Trinajstić information content (AvgIpc) is 3.32. The van der Waals surface area contributed by atoms with E-state index in [4.69, 9.17) is 14.3 Å². The first-order chi connectivity index (χ1) is 16.2. The highest BCUT2D eigenvalue weighted by Gasteiger charge is 2.45. The maximum absolute atomic E-state index is 13.8. The van der Waals surface area contributed by atoms with Gasteiger partial charge in [-0.15, -0.1) is 0 Å². The summed E-state index contributed by atoms with van der Waals surface area (Å²) in [5.41, 5.74) is 2.12. The van der Waals surface area contributed by atoms with Gasteiger partial charge < -0.3 is 14.3 Å². The van der Waals surface area contributed by atoms with Gasteiger partial charge in [0.25, 0.3) is 6.10 Å². The predicted octanol–water partition coefficient (Wildman–Crippen LogP) is 6.27. The number of nitrogens with zero attached hydrogens (tertiary/aromatic N) is 2. The molecule has 2 unspecified atom stereocenters. The summed E-state index contributed by atoms with van der Waals surface area (Å²) in [6, 6.07) is 19.3. The summed E-state index contributed by atoms with van der Waals surface area (Å²) in [5.74, 6) is -2.06. The quantitative estimate of drug-likeness (QED) is 0.344. The number of benzene rings is 2. The van der Waals surface area contributed by atoms with Gasteiger partial charge in [0.2, 0.25) is 5.88 Å². The largest absolute Gasteiger partial charge is 0.481 e. The van der Waals surface area contributed by atoms with Crippen LogP contribution in [0, 0.1) is 0 Å². The average molecular weight is 468 g/mol. The van der Waals surface area contributed by atoms with Crippen molar-refractivity contribution < 1.29 is 32.2 Å². The van der Waals surface area contributed by atoms with Crippen LogP contribution in [0.15, 0.2) is 83.5 Å². The number of furan rings is 1. The third-order valence-corrected chi connectivity index (χ3v) is 5.20. The van der Waals surface area contributed by atoms with Crippen LogP contribution in [0.4, 0.5) is 13.2 Å². The van der Waals surface area contributed by atoms with Crippen molar-refractivity contribution in [2.24, 2.45) is 0 Å². The first-order valence-electron chi connectivity index (χ1n) is 10.3. The van der Waals surface area contributed by atoms with Gasteiger partial charge in [-0.1, -0.05) is 54.6 Å². The van der Waals surface area contributed by atoms with Gasteiger partial charge in [-0.3, -0.25) is 4.79 Å². The molecule has 0 saturated heterocycles. The fourth-order valence-electron chi connectivity index (χ4n) is 3.31. The van der Waals surface area contributed by atoms with Gasteiger partial charge in [0.1, 0.15) is 12.1 Å². The fraction of sp³-hybridized carbons (Fsp3) is 0.160. The van der Waals surface area contributed by atoms with E-state index >= 15 is 0 Å². The number of aromatic nitrogens is 2. The Labute approximate surface area is 192 Å².